The molecular weight excluding hydrogens is 220 g/mol. The first-order valence-corrected chi connectivity index (χ1v) is 7.07. The third-order valence-corrected chi connectivity index (χ3v) is 4.05. The molecule has 1 unspecified atom stereocenters. The molecule has 1 atom stereocenters. The first-order chi connectivity index (χ1) is 8.50. The number of hydrogen-bond acceptors (Lipinski definition) is 2. The molecule has 18 heavy (non-hydrogen) atoms. The van der Waals surface area contributed by atoms with Gasteiger partial charge in [-0.15, -0.1) is 0 Å². The van der Waals surface area contributed by atoms with Crippen LogP contribution in [-0.4, -0.2) is 19.1 Å². The summed E-state index contributed by atoms with van der Waals surface area (Å²) in [6.07, 6.45) is 1.19. The maximum atomic E-state index is 3.78. The van der Waals surface area contributed by atoms with E-state index in [1.807, 2.05) is 0 Å². The molecule has 100 valence electrons. The normalized spacial score (nSPS) is 23.1. The number of para-hydroxylation sites is 1. The lowest BCUT2D eigenvalue weighted by atomic mass is 9.79. The van der Waals surface area contributed by atoms with E-state index >= 15 is 0 Å². The van der Waals surface area contributed by atoms with Gasteiger partial charge in [-0.2, -0.15) is 0 Å². The van der Waals surface area contributed by atoms with E-state index in [4.69, 9.17) is 0 Å². The third-order valence-electron chi connectivity index (χ3n) is 4.05. The summed E-state index contributed by atoms with van der Waals surface area (Å²) in [4.78, 5) is 0. The predicted octanol–water partition coefficient (Wildman–Crippen LogP) is 3.61. The van der Waals surface area contributed by atoms with Gasteiger partial charge in [0.25, 0.3) is 0 Å². The Bertz CT molecular complexity index is 396. The first-order valence-electron chi connectivity index (χ1n) is 7.07. The van der Waals surface area contributed by atoms with E-state index in [0.717, 1.165) is 13.1 Å². The zero-order valence-electron chi connectivity index (χ0n) is 12.1. The van der Waals surface area contributed by atoms with Crippen LogP contribution in [0.25, 0.3) is 0 Å². The van der Waals surface area contributed by atoms with Crippen LogP contribution in [0.1, 0.15) is 45.6 Å². The molecule has 0 aromatic heterocycles. The number of piperidine rings is 1. The molecular formula is C16H26N2. The zero-order chi connectivity index (χ0) is 13.2. The quantitative estimate of drug-likeness (QED) is 0.851. The molecule has 2 rings (SSSR count). The van der Waals surface area contributed by atoms with Crippen molar-refractivity contribution < 1.29 is 0 Å². The van der Waals surface area contributed by atoms with E-state index < -0.39 is 0 Å². The van der Waals surface area contributed by atoms with Crippen molar-refractivity contribution in [1.29, 1.82) is 0 Å². The van der Waals surface area contributed by atoms with Gasteiger partial charge in [0.2, 0.25) is 0 Å². The Morgan fingerprint density at radius 3 is 2.67 bits per heavy atom. The van der Waals surface area contributed by atoms with E-state index in [-0.39, 0.29) is 0 Å². The van der Waals surface area contributed by atoms with Gasteiger partial charge in [-0.25, -0.2) is 0 Å². The molecule has 1 aliphatic rings. The monoisotopic (exact) mass is 246 g/mol. The molecule has 0 saturated carbocycles. The Labute approximate surface area is 111 Å². The minimum Gasteiger partial charge on any atom is -0.381 e. The lowest BCUT2D eigenvalue weighted by Gasteiger charge is -2.40. The van der Waals surface area contributed by atoms with Crippen LogP contribution < -0.4 is 10.6 Å². The van der Waals surface area contributed by atoms with Gasteiger partial charge in [0, 0.05) is 18.3 Å². The van der Waals surface area contributed by atoms with E-state index in [1.54, 1.807) is 0 Å². The number of hydrogen-bond donors (Lipinski definition) is 2. The van der Waals surface area contributed by atoms with Gasteiger partial charge < -0.3 is 10.6 Å². The summed E-state index contributed by atoms with van der Waals surface area (Å²) in [6, 6.07) is 9.27. The van der Waals surface area contributed by atoms with Gasteiger partial charge in [0.05, 0.1) is 0 Å². The molecule has 0 spiro atoms. The van der Waals surface area contributed by atoms with Crippen molar-refractivity contribution >= 4 is 5.69 Å². The van der Waals surface area contributed by atoms with Crippen molar-refractivity contribution in [3.63, 3.8) is 0 Å². The lowest BCUT2D eigenvalue weighted by Crippen LogP contribution is -2.49. The van der Waals surface area contributed by atoms with Gasteiger partial charge >= 0.3 is 0 Å². The summed E-state index contributed by atoms with van der Waals surface area (Å²) in [5, 5.41) is 7.27. The Hall–Kier alpha value is -1.02. The van der Waals surface area contributed by atoms with Crippen molar-refractivity contribution in [3.05, 3.63) is 29.8 Å². The van der Waals surface area contributed by atoms with E-state index in [9.17, 15) is 0 Å². The second-order valence-corrected chi connectivity index (χ2v) is 6.39. The molecule has 2 N–H and O–H groups in total. The molecule has 1 aromatic rings. The molecule has 1 heterocycles. The van der Waals surface area contributed by atoms with Crippen molar-refractivity contribution in [2.45, 2.75) is 46.1 Å². The highest BCUT2D eigenvalue weighted by Crippen LogP contribution is 2.31. The third kappa shape index (κ3) is 2.86. The average molecular weight is 246 g/mol. The van der Waals surface area contributed by atoms with E-state index in [2.05, 4.69) is 62.6 Å². The molecule has 2 heteroatoms. The Morgan fingerprint density at radius 2 is 2.00 bits per heavy atom. The SMILES string of the molecule is CC(C)c1ccccc1NC1CCNCC1(C)C. The summed E-state index contributed by atoms with van der Waals surface area (Å²) >= 11 is 0. The van der Waals surface area contributed by atoms with Crippen LogP contribution in [0.15, 0.2) is 24.3 Å². The number of nitrogens with one attached hydrogen (secondary N) is 2. The zero-order valence-corrected chi connectivity index (χ0v) is 12.1. The van der Waals surface area contributed by atoms with Gasteiger partial charge in [0.15, 0.2) is 0 Å². The van der Waals surface area contributed by atoms with Crippen LogP contribution in [0.3, 0.4) is 0 Å². The predicted molar refractivity (Wildman–Crippen MR) is 79.2 cm³/mol. The van der Waals surface area contributed by atoms with Gasteiger partial charge in [-0.3, -0.25) is 0 Å². The standard InChI is InChI=1S/C16H26N2/c1-12(2)13-7-5-6-8-14(13)18-15-9-10-17-11-16(15,3)4/h5-8,12,15,17-18H,9-11H2,1-4H3. The number of rotatable bonds is 3. The van der Waals surface area contributed by atoms with E-state index in [0.29, 0.717) is 17.4 Å². The van der Waals surface area contributed by atoms with Gasteiger partial charge in [-0.1, -0.05) is 45.9 Å². The van der Waals surface area contributed by atoms with Gasteiger partial charge in [0.1, 0.15) is 0 Å². The highest BCUT2D eigenvalue weighted by atomic mass is 15.0. The summed E-state index contributed by atoms with van der Waals surface area (Å²) in [6.45, 7) is 11.4. The Kier molecular flexibility index (Phi) is 3.96. The number of benzene rings is 1. The summed E-state index contributed by atoms with van der Waals surface area (Å²) in [7, 11) is 0. The molecule has 0 radical (unpaired) electrons. The Balaban J connectivity index is 2.18. The molecule has 0 aliphatic carbocycles. The van der Waals surface area contributed by atoms with Gasteiger partial charge in [-0.05, 0) is 35.9 Å². The summed E-state index contributed by atoms with van der Waals surface area (Å²) in [5.41, 5.74) is 3.04. The average Bonchev–Trinajstić information content (AvgIpc) is 2.32. The Morgan fingerprint density at radius 1 is 1.28 bits per heavy atom. The molecule has 1 aromatic carbocycles. The fourth-order valence-electron chi connectivity index (χ4n) is 2.76. The fraction of sp³-hybridized carbons (Fsp3) is 0.625. The molecule has 1 aliphatic heterocycles. The van der Waals surface area contributed by atoms with Crippen molar-refractivity contribution in [2.24, 2.45) is 5.41 Å². The van der Waals surface area contributed by atoms with Crippen molar-refractivity contribution in [3.8, 4) is 0 Å². The molecule has 1 fully saturated rings. The highest BCUT2D eigenvalue weighted by Gasteiger charge is 2.32. The van der Waals surface area contributed by atoms with E-state index in [1.165, 1.54) is 17.7 Å². The van der Waals surface area contributed by atoms with Crippen molar-refractivity contribution in [1.82, 2.24) is 5.32 Å². The van der Waals surface area contributed by atoms with Crippen LogP contribution in [-0.2, 0) is 0 Å². The smallest absolute Gasteiger partial charge is 0.0377 e. The second-order valence-electron chi connectivity index (χ2n) is 6.39. The molecule has 0 bridgehead atoms. The maximum Gasteiger partial charge on any atom is 0.0377 e. The van der Waals surface area contributed by atoms with Crippen LogP contribution >= 0.6 is 0 Å². The summed E-state index contributed by atoms with van der Waals surface area (Å²) in [5.74, 6) is 0.568. The highest BCUT2D eigenvalue weighted by molar-refractivity contribution is 5.53. The largest absolute Gasteiger partial charge is 0.381 e. The lowest BCUT2D eigenvalue weighted by molar-refractivity contribution is 0.236. The topological polar surface area (TPSA) is 24.1 Å². The van der Waals surface area contributed by atoms with Crippen LogP contribution in [0, 0.1) is 5.41 Å². The maximum absolute atomic E-state index is 3.78. The molecule has 0 amide bonds. The second kappa shape index (κ2) is 5.31. The summed E-state index contributed by atoms with van der Waals surface area (Å²) < 4.78 is 0. The van der Waals surface area contributed by atoms with Crippen molar-refractivity contribution in [2.75, 3.05) is 18.4 Å². The minimum absolute atomic E-state index is 0.308. The first kappa shape index (κ1) is 13.4. The fourth-order valence-corrected chi connectivity index (χ4v) is 2.76. The molecule has 1 saturated heterocycles. The minimum atomic E-state index is 0.308. The van der Waals surface area contributed by atoms with Crippen LogP contribution in [0.5, 0.6) is 0 Å². The molecule has 2 nitrogen and oxygen atoms in total. The number of anilines is 1. The van der Waals surface area contributed by atoms with Crippen LogP contribution in [0.2, 0.25) is 0 Å². The van der Waals surface area contributed by atoms with Crippen LogP contribution in [0.4, 0.5) is 5.69 Å².